The first kappa shape index (κ1) is 14.5. The molecule has 0 spiro atoms. The Hall–Kier alpha value is -1.56. The van der Waals surface area contributed by atoms with E-state index in [9.17, 15) is 14.7 Å². The van der Waals surface area contributed by atoms with E-state index in [1.807, 2.05) is 0 Å². The lowest BCUT2D eigenvalue weighted by molar-refractivity contribution is -0.142. The molecule has 0 saturated heterocycles. The van der Waals surface area contributed by atoms with Crippen molar-refractivity contribution >= 4 is 33.5 Å². The van der Waals surface area contributed by atoms with Crippen molar-refractivity contribution < 1.29 is 14.7 Å². The molecule has 3 N–H and O–H groups in total. The minimum absolute atomic E-state index is 0.273. The number of aliphatic carboxylic acids is 1. The topological polar surface area (TPSA) is 83.6 Å². The maximum Gasteiger partial charge on any atom is 0.328 e. The van der Waals surface area contributed by atoms with Gasteiger partial charge in [-0.2, -0.15) is 0 Å². The van der Waals surface area contributed by atoms with Crippen molar-refractivity contribution in [3.05, 3.63) is 28.2 Å². The zero-order valence-corrected chi connectivity index (χ0v) is 12.0. The number of benzene rings is 1. The lowest BCUT2D eigenvalue weighted by atomic mass is 10.0. The summed E-state index contributed by atoms with van der Waals surface area (Å²) in [6.45, 7) is 3.11. The van der Waals surface area contributed by atoms with Crippen LogP contribution in [0.2, 0.25) is 0 Å². The van der Waals surface area contributed by atoms with Crippen LogP contribution >= 0.6 is 15.9 Å². The summed E-state index contributed by atoms with van der Waals surface area (Å²) in [5, 5.41) is 9.20. The average Bonchev–Trinajstić information content (AvgIpc) is 2.26. The number of anilines is 1. The summed E-state index contributed by atoms with van der Waals surface area (Å²) in [4.78, 5) is 24.2. The third-order valence-corrected chi connectivity index (χ3v) is 3.62. The van der Waals surface area contributed by atoms with E-state index in [1.54, 1.807) is 39.1 Å². The zero-order chi connectivity index (χ0) is 14.1. The van der Waals surface area contributed by atoms with E-state index in [2.05, 4.69) is 15.9 Å². The molecular weight excluding hydrogens is 300 g/mol. The van der Waals surface area contributed by atoms with Gasteiger partial charge in [0.15, 0.2) is 0 Å². The molecule has 1 aromatic carbocycles. The fraction of sp³-hybridized carbons (Fsp3) is 0.333. The highest BCUT2D eigenvalue weighted by molar-refractivity contribution is 9.10. The molecule has 0 atom stereocenters. The van der Waals surface area contributed by atoms with Gasteiger partial charge in [0.25, 0.3) is 5.91 Å². The van der Waals surface area contributed by atoms with Gasteiger partial charge in [0.2, 0.25) is 0 Å². The standard InChI is InChI=1S/C12H15BrN2O3/c1-12(2,11(17)18)15(3)8-6-4-5-7(13)9(8)10(14)16/h4-6H,1-3H3,(H2,14,16)(H,17,18). The Labute approximate surface area is 114 Å². The van der Waals surface area contributed by atoms with Crippen LogP contribution in [-0.2, 0) is 4.79 Å². The Morgan fingerprint density at radius 2 is 1.94 bits per heavy atom. The molecule has 1 amide bonds. The number of nitrogens with two attached hydrogens (primary N) is 1. The maximum atomic E-state index is 11.5. The largest absolute Gasteiger partial charge is 0.480 e. The molecule has 0 aromatic heterocycles. The number of amides is 1. The smallest absolute Gasteiger partial charge is 0.328 e. The van der Waals surface area contributed by atoms with Gasteiger partial charge in [0.1, 0.15) is 5.54 Å². The molecule has 18 heavy (non-hydrogen) atoms. The monoisotopic (exact) mass is 314 g/mol. The third kappa shape index (κ3) is 2.48. The average molecular weight is 315 g/mol. The zero-order valence-electron chi connectivity index (χ0n) is 10.4. The van der Waals surface area contributed by atoms with Crippen molar-refractivity contribution in [3.8, 4) is 0 Å². The Kier molecular flexibility index (Phi) is 4.01. The van der Waals surface area contributed by atoms with Crippen LogP contribution in [0.5, 0.6) is 0 Å². The maximum absolute atomic E-state index is 11.5. The Balaban J connectivity index is 3.38. The summed E-state index contributed by atoms with van der Waals surface area (Å²) >= 11 is 3.24. The second-order valence-electron chi connectivity index (χ2n) is 4.42. The van der Waals surface area contributed by atoms with E-state index < -0.39 is 17.4 Å². The fourth-order valence-corrected chi connectivity index (χ4v) is 2.03. The number of carboxylic acid groups (broad SMARTS) is 1. The highest BCUT2D eigenvalue weighted by atomic mass is 79.9. The molecule has 0 fully saturated rings. The predicted octanol–water partition coefficient (Wildman–Crippen LogP) is 1.85. The van der Waals surface area contributed by atoms with Crippen LogP contribution in [0.25, 0.3) is 0 Å². The summed E-state index contributed by atoms with van der Waals surface area (Å²) in [6, 6.07) is 5.07. The van der Waals surface area contributed by atoms with E-state index in [1.165, 1.54) is 4.90 Å². The van der Waals surface area contributed by atoms with E-state index in [0.717, 1.165) is 0 Å². The number of carbonyl (C=O) groups is 2. The van der Waals surface area contributed by atoms with Crippen LogP contribution in [0, 0.1) is 0 Å². The summed E-state index contributed by atoms with van der Waals surface area (Å²) in [6.07, 6.45) is 0. The van der Waals surface area contributed by atoms with Crippen LogP contribution in [0.4, 0.5) is 5.69 Å². The number of carboxylic acids is 1. The summed E-state index contributed by atoms with van der Waals surface area (Å²) < 4.78 is 0.542. The number of rotatable bonds is 4. The van der Waals surface area contributed by atoms with Gasteiger partial charge in [-0.25, -0.2) is 4.79 Å². The van der Waals surface area contributed by atoms with Gasteiger partial charge in [0, 0.05) is 11.5 Å². The Bertz CT molecular complexity index is 500. The molecule has 0 unspecified atom stereocenters. The third-order valence-electron chi connectivity index (χ3n) is 2.96. The second-order valence-corrected chi connectivity index (χ2v) is 5.28. The molecular formula is C12H15BrN2O3. The molecule has 98 valence electrons. The van der Waals surface area contributed by atoms with Gasteiger partial charge in [0.05, 0.1) is 11.3 Å². The van der Waals surface area contributed by atoms with E-state index >= 15 is 0 Å². The number of primary amides is 1. The van der Waals surface area contributed by atoms with Crippen LogP contribution in [-0.4, -0.2) is 29.6 Å². The second kappa shape index (κ2) is 4.97. The highest BCUT2D eigenvalue weighted by Crippen LogP contribution is 2.30. The van der Waals surface area contributed by atoms with Crippen molar-refractivity contribution in [2.45, 2.75) is 19.4 Å². The van der Waals surface area contributed by atoms with E-state index in [-0.39, 0.29) is 5.56 Å². The molecule has 1 rings (SSSR count). The molecule has 0 saturated carbocycles. The summed E-state index contributed by atoms with van der Waals surface area (Å²) in [7, 11) is 1.61. The van der Waals surface area contributed by atoms with Gasteiger partial charge >= 0.3 is 5.97 Å². The fourth-order valence-electron chi connectivity index (χ4n) is 1.48. The van der Waals surface area contributed by atoms with Gasteiger partial charge in [-0.1, -0.05) is 6.07 Å². The lowest BCUT2D eigenvalue weighted by Crippen LogP contribution is -2.48. The van der Waals surface area contributed by atoms with Crippen molar-refractivity contribution in [2.24, 2.45) is 5.73 Å². The van der Waals surface area contributed by atoms with Gasteiger partial charge < -0.3 is 15.7 Å². The minimum Gasteiger partial charge on any atom is -0.480 e. The van der Waals surface area contributed by atoms with Crippen molar-refractivity contribution in [2.75, 3.05) is 11.9 Å². The first-order valence-electron chi connectivity index (χ1n) is 5.25. The van der Waals surface area contributed by atoms with Crippen LogP contribution in [0.3, 0.4) is 0 Å². The van der Waals surface area contributed by atoms with Gasteiger partial charge in [-0.15, -0.1) is 0 Å². The van der Waals surface area contributed by atoms with Gasteiger partial charge in [-0.3, -0.25) is 4.79 Å². The molecule has 0 aliphatic carbocycles. The molecule has 0 radical (unpaired) electrons. The van der Waals surface area contributed by atoms with Crippen molar-refractivity contribution in [1.82, 2.24) is 0 Å². The van der Waals surface area contributed by atoms with E-state index in [4.69, 9.17) is 5.73 Å². The SMILES string of the molecule is CN(c1cccc(Br)c1C(N)=O)C(C)(C)C(=O)O. The first-order chi connectivity index (χ1) is 8.19. The quantitative estimate of drug-likeness (QED) is 0.888. The Morgan fingerprint density at radius 3 is 2.39 bits per heavy atom. The number of hydrogen-bond acceptors (Lipinski definition) is 3. The van der Waals surface area contributed by atoms with Crippen LogP contribution in [0.15, 0.2) is 22.7 Å². The molecule has 0 bridgehead atoms. The van der Waals surface area contributed by atoms with Crippen LogP contribution < -0.4 is 10.6 Å². The molecule has 0 aliphatic rings. The van der Waals surface area contributed by atoms with Crippen LogP contribution in [0.1, 0.15) is 24.2 Å². The number of nitrogens with zero attached hydrogens (tertiary/aromatic N) is 1. The van der Waals surface area contributed by atoms with Crippen molar-refractivity contribution in [1.29, 1.82) is 0 Å². The first-order valence-corrected chi connectivity index (χ1v) is 6.04. The predicted molar refractivity (Wildman–Crippen MR) is 72.8 cm³/mol. The normalized spacial score (nSPS) is 11.1. The molecule has 0 heterocycles. The number of likely N-dealkylation sites (N-methyl/N-ethyl adjacent to an activating group) is 1. The van der Waals surface area contributed by atoms with Crippen molar-refractivity contribution in [3.63, 3.8) is 0 Å². The van der Waals surface area contributed by atoms with E-state index in [0.29, 0.717) is 10.2 Å². The molecule has 1 aromatic rings. The highest BCUT2D eigenvalue weighted by Gasteiger charge is 2.34. The number of halogens is 1. The summed E-state index contributed by atoms with van der Waals surface area (Å²) in [5.74, 6) is -1.59. The lowest BCUT2D eigenvalue weighted by Gasteiger charge is -2.34. The molecule has 6 heteroatoms. The summed E-state index contributed by atoms with van der Waals surface area (Å²) in [5.41, 5.74) is 4.93. The minimum atomic E-state index is -1.15. The Morgan fingerprint density at radius 1 is 1.39 bits per heavy atom. The number of carbonyl (C=O) groups excluding carboxylic acids is 1. The molecule has 5 nitrogen and oxygen atoms in total. The number of hydrogen-bond donors (Lipinski definition) is 2. The van der Waals surface area contributed by atoms with Gasteiger partial charge in [-0.05, 0) is 41.9 Å². The molecule has 0 aliphatic heterocycles.